The molecule has 0 radical (unpaired) electrons. The number of aliphatic carboxylic acids is 2. The fraction of sp³-hybridized carbons (Fsp3) is 0.641. The number of nitrogens with two attached hydrogens (primary N) is 5. The number of guanidine groups is 1. The lowest BCUT2D eigenvalue weighted by Gasteiger charge is -2.28. The first kappa shape index (κ1) is 92.1. The van der Waals surface area contributed by atoms with E-state index in [-0.39, 0.29) is 68.7 Å². The van der Waals surface area contributed by atoms with Crippen LogP contribution in [-0.2, 0) is 83.1 Å². The van der Waals surface area contributed by atoms with E-state index < -0.39 is 217 Å². The van der Waals surface area contributed by atoms with Gasteiger partial charge in [0, 0.05) is 25.1 Å². The number of primary amides is 1. The number of unbranched alkanes of at least 4 members (excludes halogenated alkanes) is 1. The van der Waals surface area contributed by atoms with Gasteiger partial charge in [0.25, 0.3) is 0 Å². The van der Waals surface area contributed by atoms with Crippen LogP contribution < -0.4 is 97.8 Å². The van der Waals surface area contributed by atoms with E-state index >= 15 is 0 Å². The van der Waals surface area contributed by atoms with Gasteiger partial charge < -0.3 is 118 Å². The van der Waals surface area contributed by atoms with Crippen molar-refractivity contribution in [1.82, 2.24) is 69.1 Å². The lowest BCUT2D eigenvalue weighted by Crippen LogP contribution is -2.61. The highest BCUT2D eigenvalue weighted by atomic mass is 32.1. The Bertz CT molecular complexity index is 3140. The molecule has 0 fully saturated rings. The highest BCUT2D eigenvalue weighted by molar-refractivity contribution is 7.80. The lowest BCUT2D eigenvalue weighted by molar-refractivity contribution is -0.143. The van der Waals surface area contributed by atoms with E-state index in [2.05, 4.69) is 86.7 Å². The van der Waals surface area contributed by atoms with Crippen molar-refractivity contribution in [2.75, 3.05) is 32.0 Å². The Morgan fingerprint density at radius 1 is 0.510 bits per heavy atom. The van der Waals surface area contributed by atoms with Gasteiger partial charge in [-0.05, 0) is 108 Å². The van der Waals surface area contributed by atoms with Gasteiger partial charge in [0.15, 0.2) is 5.96 Å². The summed E-state index contributed by atoms with van der Waals surface area (Å²) in [6.45, 7) is 12.1. The van der Waals surface area contributed by atoms with E-state index in [1.807, 2.05) is 6.92 Å². The number of aromatic hydroxyl groups is 1. The highest BCUT2D eigenvalue weighted by Gasteiger charge is 2.37. The number of carboxylic acid groups (broad SMARTS) is 2. The van der Waals surface area contributed by atoms with E-state index in [1.165, 1.54) is 45.0 Å². The van der Waals surface area contributed by atoms with Crippen LogP contribution in [0.3, 0.4) is 0 Å². The molecular formula is C64H107N19O20S. The van der Waals surface area contributed by atoms with Crippen molar-refractivity contribution in [2.45, 2.75) is 211 Å². The Morgan fingerprint density at radius 2 is 0.971 bits per heavy atom. The summed E-state index contributed by atoms with van der Waals surface area (Å²) in [5, 5.41) is 70.7. The topological polar surface area (TPSA) is 653 Å². The largest absolute Gasteiger partial charge is 0.508 e. The molecule has 14 atom stereocenters. The van der Waals surface area contributed by atoms with Crippen molar-refractivity contribution < 1.29 is 97.1 Å². The summed E-state index contributed by atoms with van der Waals surface area (Å²) in [4.78, 5) is 216. The van der Waals surface area contributed by atoms with Crippen LogP contribution in [0.1, 0.15) is 132 Å². The molecule has 40 heteroatoms. The number of phenolic OH excluding ortho intramolecular Hbond substituents is 1. The molecule has 584 valence electrons. The molecule has 0 aliphatic carbocycles. The zero-order valence-corrected chi connectivity index (χ0v) is 60.9. The number of aliphatic hydroxyl groups is 1. The minimum Gasteiger partial charge on any atom is -0.508 e. The molecule has 14 amide bonds. The lowest BCUT2D eigenvalue weighted by atomic mass is 9.99. The molecule has 0 heterocycles. The second-order valence-electron chi connectivity index (χ2n) is 25.6. The number of hydrogen-bond donors (Lipinski definition) is 23. The molecule has 1 rings (SSSR count). The molecule has 1 aromatic rings. The van der Waals surface area contributed by atoms with Crippen LogP contribution in [0.15, 0.2) is 29.3 Å². The Kier molecular flexibility index (Phi) is 41.9. The maximum absolute atomic E-state index is 14.1. The molecule has 0 spiro atoms. The van der Waals surface area contributed by atoms with Crippen LogP contribution in [0.4, 0.5) is 0 Å². The van der Waals surface area contributed by atoms with Gasteiger partial charge in [0.1, 0.15) is 78.3 Å². The van der Waals surface area contributed by atoms with E-state index in [0.29, 0.717) is 24.8 Å². The molecular weight excluding hydrogens is 1390 g/mol. The minimum absolute atomic E-state index is 0.00386. The standard InChI is InChI=1S/C64H107N19O20S/c1-10-32(6)49(67)61(100)74-33(7)51(90)72-34(8)52(91)79-43(26-48(88)89)58(97)76-38(15-13-23-70-64(68)69)54(93)71-27-47(87)75-42(25-36-16-18-37(85)19-17-36)57(96)82-45(29-104)60(99)73-35(9)53(92)83-50(31(4)5)62(101)80-41(24-30(2)3)56(95)81-44(28-84)59(98)77-39(20-21-46(66)86)55(94)78-40(63(102)103)14-11-12-22-65/h16-19,30-35,38-45,49-50,84-85,104H,10-15,20-29,65,67H2,1-9H3,(H2,66,86)(H,71,93)(H,72,90)(H,73,99)(H,74,100)(H,75,87)(H,76,97)(H,77,98)(H,78,94)(H,79,91)(H,80,101)(H,81,95)(H,82,96)(H,83,92)(H,88,89)(H,102,103)(H4,68,69,70)/t32-,33-,34-,35-,38-,39-,40-,41-,42-,43-,44-,45-,49-,50-/m0/s1. The van der Waals surface area contributed by atoms with Crippen molar-refractivity contribution >= 4 is 113 Å². The molecule has 0 saturated heterocycles. The maximum Gasteiger partial charge on any atom is 0.326 e. The Labute approximate surface area is 607 Å². The quantitative estimate of drug-likeness (QED) is 0.0125. The third kappa shape index (κ3) is 34.8. The summed E-state index contributed by atoms with van der Waals surface area (Å²) in [6.07, 6.45) is -1.15. The van der Waals surface area contributed by atoms with Crippen molar-refractivity contribution in [3.63, 3.8) is 0 Å². The molecule has 0 bridgehead atoms. The summed E-state index contributed by atoms with van der Waals surface area (Å²) in [7, 11) is 0. The number of amides is 14. The Hall–Kier alpha value is -9.96. The number of nitrogens with zero attached hydrogens (tertiary/aromatic N) is 1. The second kappa shape index (κ2) is 47.3. The normalized spacial score (nSPS) is 15.1. The first-order chi connectivity index (χ1) is 48.7. The summed E-state index contributed by atoms with van der Waals surface area (Å²) in [6, 6.07) is -13.7. The Morgan fingerprint density at radius 3 is 1.49 bits per heavy atom. The monoisotopic (exact) mass is 1490 g/mol. The first-order valence-corrected chi connectivity index (χ1v) is 34.5. The highest BCUT2D eigenvalue weighted by Crippen LogP contribution is 2.14. The van der Waals surface area contributed by atoms with Crippen LogP contribution in [0.2, 0.25) is 0 Å². The SMILES string of the molecule is CC[C@H](C)[C@H](N)C(=O)N[C@@H](C)C(=O)N[C@@H](C)C(=O)N[C@@H](CC(=O)O)C(=O)N[C@@H](CCCN=C(N)N)C(=O)NCC(=O)N[C@@H](Cc1ccc(O)cc1)C(=O)N[C@@H](CS)C(=O)N[C@@H](C)C(=O)N[C@H](C(=O)N[C@@H](CC(C)C)C(=O)N[C@@H](CO)C(=O)N[C@@H](CCC(N)=O)C(=O)N[C@@H](CCCCN)C(=O)O)C(C)C. The number of carbonyl (C=O) groups is 16. The third-order valence-electron chi connectivity index (χ3n) is 15.9. The maximum atomic E-state index is 14.1. The number of aliphatic imine (C=N–C) groups is 1. The average molecular weight is 1490 g/mol. The third-order valence-corrected chi connectivity index (χ3v) is 16.3. The summed E-state index contributed by atoms with van der Waals surface area (Å²) in [5.74, 6) is -18.7. The number of thiol groups is 1. The van der Waals surface area contributed by atoms with Crippen molar-refractivity contribution in [1.29, 1.82) is 0 Å². The number of carboxylic acids is 2. The van der Waals surface area contributed by atoms with Crippen LogP contribution in [0.25, 0.3) is 0 Å². The zero-order chi connectivity index (χ0) is 79.2. The number of benzene rings is 1. The molecule has 0 aliphatic heterocycles. The number of hydrogen-bond acceptors (Lipinski definition) is 22. The number of nitrogens with one attached hydrogen (secondary N) is 13. The Balaban J connectivity index is 3.35. The zero-order valence-electron chi connectivity index (χ0n) is 60.0. The number of phenols is 1. The van der Waals surface area contributed by atoms with Crippen LogP contribution >= 0.6 is 12.6 Å². The molecule has 27 N–H and O–H groups in total. The number of rotatable bonds is 49. The van der Waals surface area contributed by atoms with Crippen molar-refractivity contribution in [3.8, 4) is 5.75 Å². The van der Waals surface area contributed by atoms with Gasteiger partial charge in [-0.25, -0.2) is 4.79 Å². The molecule has 104 heavy (non-hydrogen) atoms. The molecule has 1 aromatic carbocycles. The minimum atomic E-state index is -1.86. The van der Waals surface area contributed by atoms with Crippen LogP contribution in [0.5, 0.6) is 5.75 Å². The van der Waals surface area contributed by atoms with Crippen molar-refractivity contribution in [3.05, 3.63) is 29.8 Å². The van der Waals surface area contributed by atoms with Crippen LogP contribution in [0, 0.1) is 17.8 Å². The van der Waals surface area contributed by atoms with Crippen molar-refractivity contribution in [2.24, 2.45) is 51.4 Å². The van der Waals surface area contributed by atoms with Gasteiger partial charge in [-0.15, -0.1) is 0 Å². The molecule has 39 nitrogen and oxygen atoms in total. The van der Waals surface area contributed by atoms with E-state index in [0.717, 1.165) is 0 Å². The molecule has 0 aliphatic rings. The van der Waals surface area contributed by atoms with Gasteiger partial charge in [0.2, 0.25) is 82.7 Å². The average Bonchev–Trinajstić information content (AvgIpc) is 0.861. The molecule has 0 aromatic heterocycles. The second-order valence-corrected chi connectivity index (χ2v) is 26.0. The number of aliphatic hydroxyl groups excluding tert-OH is 1. The fourth-order valence-corrected chi connectivity index (χ4v) is 9.83. The van der Waals surface area contributed by atoms with E-state index in [9.17, 15) is 97.1 Å². The van der Waals surface area contributed by atoms with Gasteiger partial charge in [-0.3, -0.25) is 76.9 Å². The predicted molar refractivity (Wildman–Crippen MR) is 379 cm³/mol. The summed E-state index contributed by atoms with van der Waals surface area (Å²) < 4.78 is 0. The van der Waals surface area contributed by atoms with E-state index in [4.69, 9.17) is 28.7 Å². The van der Waals surface area contributed by atoms with Gasteiger partial charge >= 0.3 is 11.9 Å². The first-order valence-electron chi connectivity index (χ1n) is 33.8. The summed E-state index contributed by atoms with van der Waals surface area (Å²) in [5.41, 5.74) is 28.0. The molecule has 0 saturated carbocycles. The van der Waals surface area contributed by atoms with Gasteiger partial charge in [0.05, 0.1) is 25.6 Å². The number of carbonyl (C=O) groups excluding carboxylic acids is 14. The smallest absolute Gasteiger partial charge is 0.326 e. The van der Waals surface area contributed by atoms with Gasteiger partial charge in [-0.1, -0.05) is 60.1 Å². The summed E-state index contributed by atoms with van der Waals surface area (Å²) >= 11 is 4.23. The van der Waals surface area contributed by atoms with Gasteiger partial charge in [-0.2, -0.15) is 12.6 Å². The fourth-order valence-electron chi connectivity index (χ4n) is 9.57. The van der Waals surface area contributed by atoms with E-state index in [1.54, 1.807) is 34.6 Å². The predicted octanol–water partition coefficient (Wildman–Crippen LogP) is -7.07. The van der Waals surface area contributed by atoms with Crippen LogP contribution in [-0.4, -0.2) is 232 Å². The molecule has 0 unspecified atom stereocenters.